The first-order chi connectivity index (χ1) is 11.1. The first-order valence-electron chi connectivity index (χ1n) is 7.48. The van der Waals surface area contributed by atoms with Crippen molar-refractivity contribution in [3.8, 4) is 11.5 Å². The summed E-state index contributed by atoms with van der Waals surface area (Å²) in [6, 6.07) is 7.42. The number of aliphatic imine (C=N–C) groups is 1. The number of carbonyl (C=O) groups is 1. The minimum atomic E-state index is 0. The zero-order valence-electron chi connectivity index (χ0n) is 14.7. The molecule has 0 aliphatic heterocycles. The van der Waals surface area contributed by atoms with Crippen molar-refractivity contribution in [2.24, 2.45) is 4.99 Å². The van der Waals surface area contributed by atoms with Crippen molar-refractivity contribution in [3.05, 3.63) is 24.3 Å². The summed E-state index contributed by atoms with van der Waals surface area (Å²) in [5.41, 5.74) is 0. The van der Waals surface area contributed by atoms with Crippen LogP contribution in [0, 0.1) is 0 Å². The highest BCUT2D eigenvalue weighted by Crippen LogP contribution is 2.16. The second-order valence-corrected chi connectivity index (χ2v) is 4.99. The fourth-order valence-corrected chi connectivity index (χ4v) is 1.74. The Balaban J connectivity index is 0.00000529. The molecular formula is C16H27IN4O3. The Labute approximate surface area is 160 Å². The smallest absolute Gasteiger partial charge is 0.223 e. The molecule has 1 aromatic rings. The molecule has 0 radical (unpaired) electrons. The fourth-order valence-electron chi connectivity index (χ4n) is 1.74. The van der Waals surface area contributed by atoms with Gasteiger partial charge in [-0.15, -0.1) is 24.0 Å². The van der Waals surface area contributed by atoms with Gasteiger partial charge < -0.3 is 25.0 Å². The summed E-state index contributed by atoms with van der Waals surface area (Å²) in [5, 5.41) is 6.22. The number of methoxy groups -OCH3 is 1. The molecule has 1 amide bonds. The zero-order chi connectivity index (χ0) is 17.1. The monoisotopic (exact) mass is 450 g/mol. The van der Waals surface area contributed by atoms with Crippen molar-refractivity contribution in [3.63, 3.8) is 0 Å². The van der Waals surface area contributed by atoms with Crippen molar-refractivity contribution in [2.45, 2.75) is 6.42 Å². The molecule has 8 heteroatoms. The van der Waals surface area contributed by atoms with E-state index in [1.165, 1.54) is 0 Å². The number of nitrogens with zero attached hydrogens (tertiary/aromatic N) is 2. The van der Waals surface area contributed by atoms with Crippen LogP contribution < -0.4 is 20.1 Å². The number of hydrogen-bond donors (Lipinski definition) is 2. The maximum absolute atomic E-state index is 11.5. The molecule has 1 aromatic carbocycles. The summed E-state index contributed by atoms with van der Waals surface area (Å²) < 4.78 is 10.7. The molecule has 0 aliphatic carbocycles. The van der Waals surface area contributed by atoms with Gasteiger partial charge in [-0.3, -0.25) is 9.79 Å². The molecule has 0 saturated heterocycles. The lowest BCUT2D eigenvalue weighted by Gasteiger charge is -2.14. The van der Waals surface area contributed by atoms with E-state index in [9.17, 15) is 4.79 Å². The van der Waals surface area contributed by atoms with Gasteiger partial charge in [0.25, 0.3) is 0 Å². The van der Waals surface area contributed by atoms with E-state index < -0.39 is 0 Å². The molecule has 0 fully saturated rings. The maximum atomic E-state index is 11.5. The van der Waals surface area contributed by atoms with Gasteiger partial charge >= 0.3 is 0 Å². The van der Waals surface area contributed by atoms with Crippen LogP contribution in [0.25, 0.3) is 0 Å². The van der Waals surface area contributed by atoms with Gasteiger partial charge in [-0.2, -0.15) is 0 Å². The molecule has 136 valence electrons. The Hall–Kier alpha value is -1.71. The normalized spacial score (nSPS) is 10.4. The zero-order valence-corrected chi connectivity index (χ0v) is 17.0. The number of nitrogens with one attached hydrogen (secondary N) is 2. The van der Waals surface area contributed by atoms with Crippen LogP contribution in [-0.2, 0) is 4.79 Å². The third-order valence-corrected chi connectivity index (χ3v) is 3.08. The highest BCUT2D eigenvalue weighted by Gasteiger charge is 2.04. The molecule has 0 aliphatic rings. The van der Waals surface area contributed by atoms with E-state index in [-0.39, 0.29) is 29.9 Å². The highest BCUT2D eigenvalue weighted by molar-refractivity contribution is 14.0. The lowest BCUT2D eigenvalue weighted by molar-refractivity contribution is -0.128. The lowest BCUT2D eigenvalue weighted by atomic mass is 10.3. The van der Waals surface area contributed by atoms with Crippen LogP contribution in [0.3, 0.4) is 0 Å². The fraction of sp³-hybridized carbons (Fsp3) is 0.500. The average molecular weight is 450 g/mol. The number of amides is 1. The van der Waals surface area contributed by atoms with Crippen LogP contribution in [0.15, 0.2) is 29.3 Å². The molecular weight excluding hydrogens is 423 g/mol. The summed E-state index contributed by atoms with van der Waals surface area (Å²) in [7, 11) is 6.80. The Bertz CT molecular complexity index is 507. The van der Waals surface area contributed by atoms with E-state index >= 15 is 0 Å². The predicted octanol–water partition coefficient (Wildman–Crippen LogP) is 1.34. The second-order valence-electron chi connectivity index (χ2n) is 4.99. The van der Waals surface area contributed by atoms with Crippen molar-refractivity contribution in [1.82, 2.24) is 15.5 Å². The average Bonchev–Trinajstić information content (AvgIpc) is 2.57. The third-order valence-electron chi connectivity index (χ3n) is 3.08. The summed E-state index contributed by atoms with van der Waals surface area (Å²) in [6.07, 6.45) is 0.427. The van der Waals surface area contributed by atoms with E-state index in [2.05, 4.69) is 15.6 Å². The number of ether oxygens (including phenoxy) is 2. The van der Waals surface area contributed by atoms with E-state index in [0.29, 0.717) is 32.1 Å². The topological polar surface area (TPSA) is 75.2 Å². The second kappa shape index (κ2) is 12.7. The minimum absolute atomic E-state index is 0. The van der Waals surface area contributed by atoms with Gasteiger partial charge in [-0.05, 0) is 24.3 Å². The van der Waals surface area contributed by atoms with Crippen molar-refractivity contribution < 1.29 is 14.3 Å². The molecule has 2 N–H and O–H groups in total. The van der Waals surface area contributed by atoms with Gasteiger partial charge in [0.2, 0.25) is 5.91 Å². The van der Waals surface area contributed by atoms with E-state index in [1.54, 1.807) is 33.2 Å². The van der Waals surface area contributed by atoms with Crippen LogP contribution >= 0.6 is 24.0 Å². The summed E-state index contributed by atoms with van der Waals surface area (Å²) in [6.45, 7) is 1.65. The molecule has 24 heavy (non-hydrogen) atoms. The number of guanidine groups is 1. The molecule has 0 aromatic heterocycles. The Morgan fingerprint density at radius 2 is 1.71 bits per heavy atom. The lowest BCUT2D eigenvalue weighted by Crippen LogP contribution is -2.40. The van der Waals surface area contributed by atoms with Crippen molar-refractivity contribution in [1.29, 1.82) is 0 Å². The molecule has 0 heterocycles. The van der Waals surface area contributed by atoms with Crippen LogP contribution in [-0.4, -0.2) is 64.7 Å². The van der Waals surface area contributed by atoms with Gasteiger partial charge in [0.1, 0.15) is 18.1 Å². The largest absolute Gasteiger partial charge is 0.497 e. The highest BCUT2D eigenvalue weighted by atomic mass is 127. The molecule has 1 rings (SSSR count). The minimum Gasteiger partial charge on any atom is -0.497 e. The summed E-state index contributed by atoms with van der Waals surface area (Å²) in [4.78, 5) is 17.1. The van der Waals surface area contributed by atoms with E-state index in [1.807, 2.05) is 24.3 Å². The quantitative estimate of drug-likeness (QED) is 0.271. The molecule has 0 bridgehead atoms. The number of benzene rings is 1. The summed E-state index contributed by atoms with van der Waals surface area (Å²) >= 11 is 0. The van der Waals surface area contributed by atoms with Gasteiger partial charge in [0, 0.05) is 34.1 Å². The Kier molecular flexibility index (Phi) is 11.8. The van der Waals surface area contributed by atoms with E-state index in [4.69, 9.17) is 9.47 Å². The molecule has 0 spiro atoms. The van der Waals surface area contributed by atoms with E-state index in [0.717, 1.165) is 11.5 Å². The SMILES string of the molecule is CN=C(NCCOc1ccc(OC)cc1)NCCC(=O)N(C)C.I. The molecule has 0 saturated carbocycles. The van der Waals surface area contributed by atoms with Crippen LogP contribution in [0.2, 0.25) is 0 Å². The van der Waals surface area contributed by atoms with Crippen LogP contribution in [0.5, 0.6) is 11.5 Å². The first kappa shape index (κ1) is 22.3. The Morgan fingerprint density at radius 1 is 1.12 bits per heavy atom. The van der Waals surface area contributed by atoms with Crippen molar-refractivity contribution in [2.75, 3.05) is 47.9 Å². The third kappa shape index (κ3) is 8.80. The van der Waals surface area contributed by atoms with Gasteiger partial charge in [0.05, 0.1) is 13.7 Å². The van der Waals surface area contributed by atoms with Gasteiger partial charge in [-0.1, -0.05) is 0 Å². The van der Waals surface area contributed by atoms with Crippen molar-refractivity contribution >= 4 is 35.8 Å². The Morgan fingerprint density at radius 3 is 2.25 bits per heavy atom. The number of halogens is 1. The first-order valence-corrected chi connectivity index (χ1v) is 7.48. The molecule has 0 unspecified atom stereocenters. The van der Waals surface area contributed by atoms with Crippen LogP contribution in [0.4, 0.5) is 0 Å². The number of carbonyl (C=O) groups excluding carboxylic acids is 1. The molecule has 7 nitrogen and oxygen atoms in total. The van der Waals surface area contributed by atoms with Gasteiger partial charge in [-0.25, -0.2) is 0 Å². The maximum Gasteiger partial charge on any atom is 0.223 e. The van der Waals surface area contributed by atoms with Gasteiger partial charge in [0.15, 0.2) is 5.96 Å². The predicted molar refractivity (Wildman–Crippen MR) is 107 cm³/mol. The van der Waals surface area contributed by atoms with Crippen LogP contribution in [0.1, 0.15) is 6.42 Å². The molecule has 0 atom stereocenters. The number of hydrogen-bond acceptors (Lipinski definition) is 4. The standard InChI is InChI=1S/C16H26N4O3.HI/c1-17-16(18-10-9-15(21)20(2)3)19-11-12-23-14-7-5-13(22-4)6-8-14;/h5-8H,9-12H2,1-4H3,(H2,17,18,19);1H. The number of rotatable bonds is 8. The summed E-state index contributed by atoms with van der Waals surface area (Å²) in [5.74, 6) is 2.31.